The van der Waals surface area contributed by atoms with Crippen molar-refractivity contribution < 1.29 is 39.2 Å². The number of Topliss-reactive ketones (excluding diaryl/α,β-unsaturated/α-hetero) is 1. The monoisotopic (exact) mass is 641 g/mol. The summed E-state index contributed by atoms with van der Waals surface area (Å²) in [6.45, 7) is 0.547. The van der Waals surface area contributed by atoms with E-state index in [1.807, 2.05) is 0 Å². The number of sulfonamides is 1. The van der Waals surface area contributed by atoms with E-state index in [1.165, 1.54) is 25.1 Å². The predicted molar refractivity (Wildman–Crippen MR) is 159 cm³/mol. The van der Waals surface area contributed by atoms with Crippen LogP contribution in [0.2, 0.25) is 0 Å². The van der Waals surface area contributed by atoms with Crippen LogP contribution in [0.3, 0.4) is 0 Å². The number of sulfone groups is 1. The number of hydrogen-bond donors (Lipinski definition) is 0. The number of carbonyl (C=O) groups is 1. The molecule has 4 aromatic carbocycles. The van der Waals surface area contributed by atoms with Gasteiger partial charge >= 0.3 is 6.18 Å². The summed E-state index contributed by atoms with van der Waals surface area (Å²) < 4.78 is 98.8. The van der Waals surface area contributed by atoms with Crippen molar-refractivity contribution >= 4 is 36.4 Å². The maximum atomic E-state index is 14.0. The molecule has 0 bridgehead atoms. The third-order valence-corrected chi connectivity index (χ3v) is 10.5. The fraction of sp³-hybridized carbons (Fsp3) is 0.156. The minimum absolute atomic E-state index is 0.00148. The zero-order valence-electron chi connectivity index (χ0n) is 23.3. The molecule has 0 unspecified atom stereocenters. The number of nitrogens with zero attached hydrogens (tertiary/aromatic N) is 1. The van der Waals surface area contributed by atoms with Crippen molar-refractivity contribution in [1.29, 1.82) is 0 Å². The van der Waals surface area contributed by atoms with Gasteiger partial charge < -0.3 is 4.42 Å². The van der Waals surface area contributed by atoms with Gasteiger partial charge in [0.2, 0.25) is 15.8 Å². The van der Waals surface area contributed by atoms with Crippen molar-refractivity contribution in [3.63, 3.8) is 0 Å². The molecule has 5 aromatic rings. The molecule has 228 valence electrons. The Morgan fingerprint density at radius 1 is 0.773 bits per heavy atom. The number of rotatable bonds is 10. The third-order valence-electron chi connectivity index (χ3n) is 6.87. The lowest BCUT2D eigenvalue weighted by atomic mass is 10.0. The van der Waals surface area contributed by atoms with Crippen molar-refractivity contribution in [2.45, 2.75) is 36.0 Å². The molecular weight excluding hydrogens is 615 g/mol. The highest BCUT2D eigenvalue weighted by atomic mass is 32.2. The highest BCUT2D eigenvalue weighted by Gasteiger charge is 2.35. The van der Waals surface area contributed by atoms with E-state index in [1.54, 1.807) is 72.8 Å². The molecule has 7 nitrogen and oxygen atoms in total. The molecule has 0 saturated heterocycles. The van der Waals surface area contributed by atoms with Gasteiger partial charge in [-0.2, -0.15) is 17.5 Å². The van der Waals surface area contributed by atoms with Gasteiger partial charge in [0.05, 0.1) is 16.3 Å². The number of benzene rings is 4. The number of furan rings is 1. The molecule has 0 aliphatic rings. The normalized spacial score (nSPS) is 12.6. The smallest absolute Gasteiger partial charge is 0.449 e. The van der Waals surface area contributed by atoms with Crippen LogP contribution in [0.4, 0.5) is 13.2 Å². The number of alkyl halides is 3. The Balaban J connectivity index is 1.48. The molecule has 0 atom stereocenters. The Kier molecular flexibility index (Phi) is 8.52. The maximum absolute atomic E-state index is 14.0. The Morgan fingerprint density at radius 3 is 2.14 bits per heavy atom. The molecule has 0 amide bonds. The van der Waals surface area contributed by atoms with Gasteiger partial charge in [0, 0.05) is 11.9 Å². The molecule has 12 heteroatoms. The van der Waals surface area contributed by atoms with Gasteiger partial charge in [0.1, 0.15) is 17.3 Å². The standard InChI is InChI=1S/C32H26F3NO6S2/c1-22(37)21-43(38,39)28-9-4-8-26(18-28)24-14-12-23(13-15-24)19-36(20-27-16-17-31(42-27)32(33,34)35)44(40,41)30-11-5-7-25-6-2-3-10-29(25)30/h2-18H,19-21H2,1H3. The minimum atomic E-state index is -4.73. The number of hydrogen-bond acceptors (Lipinski definition) is 6. The second-order valence-electron chi connectivity index (χ2n) is 10.2. The van der Waals surface area contributed by atoms with Crippen LogP contribution in [-0.2, 0) is 43.9 Å². The number of ketones is 1. The first-order valence-corrected chi connectivity index (χ1v) is 16.4. The van der Waals surface area contributed by atoms with Gasteiger partial charge in [0.25, 0.3) is 0 Å². The molecule has 0 fully saturated rings. The van der Waals surface area contributed by atoms with Gasteiger partial charge in [-0.25, -0.2) is 16.8 Å². The maximum Gasteiger partial charge on any atom is 0.449 e. The molecule has 5 rings (SSSR count). The minimum Gasteiger partial charge on any atom is -0.455 e. The van der Waals surface area contributed by atoms with Gasteiger partial charge in [-0.05, 0) is 59.3 Å². The van der Waals surface area contributed by atoms with Crippen LogP contribution >= 0.6 is 0 Å². The molecule has 1 aromatic heterocycles. The van der Waals surface area contributed by atoms with Gasteiger partial charge in [-0.1, -0.05) is 72.8 Å². The van der Waals surface area contributed by atoms with Crippen LogP contribution in [0.1, 0.15) is 24.0 Å². The van der Waals surface area contributed by atoms with Crippen LogP contribution in [0.25, 0.3) is 21.9 Å². The number of halogens is 3. The summed E-state index contributed by atoms with van der Waals surface area (Å²) in [5, 5.41) is 1.15. The van der Waals surface area contributed by atoms with Crippen molar-refractivity contribution in [2.75, 3.05) is 5.75 Å². The molecule has 44 heavy (non-hydrogen) atoms. The Hall–Kier alpha value is -4.26. The molecule has 0 radical (unpaired) electrons. The highest BCUT2D eigenvalue weighted by molar-refractivity contribution is 7.92. The zero-order chi connectivity index (χ0) is 31.7. The largest absolute Gasteiger partial charge is 0.455 e. The summed E-state index contributed by atoms with van der Waals surface area (Å²) in [4.78, 5) is 11.4. The molecule has 0 N–H and O–H groups in total. The van der Waals surface area contributed by atoms with Crippen molar-refractivity contribution in [1.82, 2.24) is 4.31 Å². The van der Waals surface area contributed by atoms with Gasteiger partial charge in [0.15, 0.2) is 9.84 Å². The Bertz CT molecular complexity index is 2050. The van der Waals surface area contributed by atoms with Crippen LogP contribution in [0, 0.1) is 0 Å². The Labute approximate surface area is 252 Å². The molecule has 0 aliphatic carbocycles. The molecule has 0 saturated carbocycles. The van der Waals surface area contributed by atoms with Crippen LogP contribution < -0.4 is 0 Å². The topological polar surface area (TPSA) is 102 Å². The van der Waals surface area contributed by atoms with Crippen molar-refractivity contribution in [2.24, 2.45) is 0 Å². The lowest BCUT2D eigenvalue weighted by Gasteiger charge is -2.22. The average molecular weight is 642 g/mol. The first-order chi connectivity index (χ1) is 20.7. The van der Waals surface area contributed by atoms with Crippen LogP contribution in [0.5, 0.6) is 0 Å². The van der Waals surface area contributed by atoms with E-state index in [4.69, 9.17) is 4.42 Å². The number of carbonyl (C=O) groups excluding carboxylic acids is 1. The van der Waals surface area contributed by atoms with Crippen molar-refractivity contribution in [3.8, 4) is 11.1 Å². The quantitative estimate of drug-likeness (QED) is 0.165. The van der Waals surface area contributed by atoms with E-state index < -0.39 is 49.9 Å². The number of fused-ring (bicyclic) bond motifs is 1. The van der Waals surface area contributed by atoms with Crippen LogP contribution in [-0.4, -0.2) is 32.7 Å². The first-order valence-electron chi connectivity index (χ1n) is 13.3. The van der Waals surface area contributed by atoms with E-state index in [0.717, 1.165) is 16.4 Å². The first kappa shape index (κ1) is 31.2. The summed E-state index contributed by atoms with van der Waals surface area (Å²) in [5.41, 5.74) is 1.73. The van der Waals surface area contributed by atoms with E-state index in [0.29, 0.717) is 27.5 Å². The highest BCUT2D eigenvalue weighted by Crippen LogP contribution is 2.33. The Morgan fingerprint density at radius 2 is 1.45 bits per heavy atom. The van der Waals surface area contributed by atoms with E-state index in [2.05, 4.69) is 0 Å². The summed E-state index contributed by atoms with van der Waals surface area (Å²) in [6, 6.07) is 26.4. The lowest BCUT2D eigenvalue weighted by Crippen LogP contribution is -2.30. The van der Waals surface area contributed by atoms with E-state index >= 15 is 0 Å². The molecule has 0 spiro atoms. The SMILES string of the molecule is CC(=O)CS(=O)(=O)c1cccc(-c2ccc(CN(Cc3ccc(C(F)(F)F)o3)S(=O)(=O)c3cccc4ccccc34)cc2)c1. The van der Waals surface area contributed by atoms with E-state index in [9.17, 15) is 34.8 Å². The molecular formula is C32H26F3NO6S2. The second-order valence-corrected chi connectivity index (χ2v) is 14.1. The van der Waals surface area contributed by atoms with E-state index in [-0.39, 0.29) is 22.1 Å². The summed E-state index contributed by atoms with van der Waals surface area (Å²) in [6.07, 6.45) is -4.73. The van der Waals surface area contributed by atoms with Crippen molar-refractivity contribution in [3.05, 3.63) is 120 Å². The zero-order valence-corrected chi connectivity index (χ0v) is 24.9. The molecule has 0 aliphatic heterocycles. The fourth-order valence-electron chi connectivity index (χ4n) is 4.80. The molecule has 1 heterocycles. The second kappa shape index (κ2) is 12.0. The van der Waals surface area contributed by atoms with Gasteiger partial charge in [-0.3, -0.25) is 4.79 Å². The average Bonchev–Trinajstić information content (AvgIpc) is 3.46. The lowest BCUT2D eigenvalue weighted by molar-refractivity contribution is -0.153. The van der Waals surface area contributed by atoms with Crippen LogP contribution in [0.15, 0.2) is 117 Å². The van der Waals surface area contributed by atoms with Gasteiger partial charge in [-0.15, -0.1) is 0 Å². The third kappa shape index (κ3) is 6.77. The summed E-state index contributed by atoms with van der Waals surface area (Å²) in [5.74, 6) is -2.50. The summed E-state index contributed by atoms with van der Waals surface area (Å²) >= 11 is 0. The predicted octanol–water partition coefficient (Wildman–Crippen LogP) is 6.87. The summed E-state index contributed by atoms with van der Waals surface area (Å²) in [7, 11) is -8.06. The fourth-order valence-corrected chi connectivity index (χ4v) is 7.70.